The number of amides is 1. The molecule has 3 rings (SSSR count). The number of rotatable bonds is 9. The molecule has 0 saturated carbocycles. The maximum Gasteiger partial charge on any atom is 0.265 e. The number of thioether (sulfide) groups is 1. The number of aryl methyl sites for hydroxylation is 2. The van der Waals surface area contributed by atoms with Crippen molar-refractivity contribution in [3.63, 3.8) is 0 Å². The zero-order valence-corrected chi connectivity index (χ0v) is 19.0. The van der Waals surface area contributed by atoms with Crippen LogP contribution in [-0.2, 0) is 9.53 Å². The Hall–Kier alpha value is -2.35. The molecule has 1 aliphatic rings. The van der Waals surface area contributed by atoms with Gasteiger partial charge in [0.1, 0.15) is 29.0 Å². The van der Waals surface area contributed by atoms with Crippen LogP contribution >= 0.6 is 24.0 Å². The molecule has 1 fully saturated rings. The third kappa shape index (κ3) is 6.08. The Kier molecular flexibility index (Phi) is 7.90. The topological polar surface area (TPSA) is 48.0 Å². The minimum Gasteiger partial charge on any atom is -0.491 e. The van der Waals surface area contributed by atoms with Crippen LogP contribution in [0.15, 0.2) is 47.4 Å². The Balaban J connectivity index is 1.34. The third-order valence-corrected chi connectivity index (χ3v) is 6.12. The van der Waals surface area contributed by atoms with Gasteiger partial charge in [0.25, 0.3) is 5.91 Å². The summed E-state index contributed by atoms with van der Waals surface area (Å²) in [4.78, 5) is 14.2. The lowest BCUT2D eigenvalue weighted by Gasteiger charge is -2.10. The predicted octanol–water partition coefficient (Wildman–Crippen LogP) is 4.61. The van der Waals surface area contributed by atoms with Gasteiger partial charge < -0.3 is 14.2 Å². The van der Waals surface area contributed by atoms with E-state index in [0.717, 1.165) is 17.1 Å². The van der Waals surface area contributed by atoms with Crippen LogP contribution in [0.5, 0.6) is 11.5 Å². The van der Waals surface area contributed by atoms with Crippen molar-refractivity contribution in [2.24, 2.45) is 0 Å². The van der Waals surface area contributed by atoms with Gasteiger partial charge in [-0.05, 0) is 60.9 Å². The second-order valence-corrected chi connectivity index (χ2v) is 8.54. The first-order chi connectivity index (χ1) is 14.4. The molecule has 0 atom stereocenters. The molecule has 0 aliphatic carbocycles. The average Bonchev–Trinajstić information content (AvgIpc) is 2.97. The molecule has 30 heavy (non-hydrogen) atoms. The normalized spacial score (nSPS) is 15.2. The van der Waals surface area contributed by atoms with E-state index in [9.17, 15) is 4.79 Å². The number of hydrogen-bond acceptors (Lipinski definition) is 6. The van der Waals surface area contributed by atoms with E-state index in [0.29, 0.717) is 35.7 Å². The minimum absolute atomic E-state index is 0.0658. The Labute approximate surface area is 187 Å². The number of benzene rings is 2. The van der Waals surface area contributed by atoms with Crippen molar-refractivity contribution < 1.29 is 19.0 Å². The third-order valence-electron chi connectivity index (χ3n) is 4.64. The lowest BCUT2D eigenvalue weighted by atomic mass is 10.1. The first-order valence-corrected chi connectivity index (χ1v) is 10.9. The summed E-state index contributed by atoms with van der Waals surface area (Å²) in [6, 6.07) is 13.6. The van der Waals surface area contributed by atoms with Crippen molar-refractivity contribution in [3.05, 3.63) is 64.1 Å². The number of carbonyl (C=O) groups excluding carboxylic acids is 1. The van der Waals surface area contributed by atoms with Crippen molar-refractivity contribution in [1.82, 2.24) is 4.90 Å². The van der Waals surface area contributed by atoms with Crippen LogP contribution in [-0.4, -0.2) is 48.6 Å². The first kappa shape index (κ1) is 22.3. The summed E-state index contributed by atoms with van der Waals surface area (Å²) < 4.78 is 17.5. The quantitative estimate of drug-likeness (QED) is 0.320. The molecular weight excluding hydrogens is 418 g/mol. The number of nitrogens with zero attached hydrogens (tertiary/aromatic N) is 1. The van der Waals surface area contributed by atoms with Crippen molar-refractivity contribution >= 4 is 40.3 Å². The molecular formula is C23H25NO4S2. The van der Waals surface area contributed by atoms with Crippen molar-refractivity contribution in [1.29, 1.82) is 0 Å². The molecule has 1 amide bonds. The molecule has 1 heterocycles. The number of hydrogen-bond donors (Lipinski definition) is 0. The molecule has 158 valence electrons. The number of carbonyl (C=O) groups is 1. The van der Waals surface area contributed by atoms with Gasteiger partial charge in [-0.15, -0.1) is 0 Å². The number of likely N-dealkylation sites (N-methyl/N-ethyl adjacent to an activating group) is 1. The van der Waals surface area contributed by atoms with Crippen LogP contribution in [0.2, 0.25) is 0 Å². The second kappa shape index (κ2) is 10.6. The molecule has 1 saturated heterocycles. The van der Waals surface area contributed by atoms with Gasteiger partial charge in [0, 0.05) is 7.05 Å². The van der Waals surface area contributed by atoms with Crippen LogP contribution in [0.25, 0.3) is 6.08 Å². The fourth-order valence-corrected chi connectivity index (χ4v) is 3.88. The van der Waals surface area contributed by atoms with Crippen LogP contribution in [0.4, 0.5) is 0 Å². The molecule has 2 aromatic rings. The van der Waals surface area contributed by atoms with Gasteiger partial charge in [0.15, 0.2) is 0 Å². The van der Waals surface area contributed by atoms with Gasteiger partial charge >= 0.3 is 0 Å². The molecule has 0 unspecified atom stereocenters. The summed E-state index contributed by atoms with van der Waals surface area (Å²) >= 11 is 6.46. The van der Waals surface area contributed by atoms with E-state index in [2.05, 4.69) is 19.9 Å². The molecule has 0 radical (unpaired) electrons. The average molecular weight is 444 g/mol. The van der Waals surface area contributed by atoms with E-state index in [1.165, 1.54) is 27.8 Å². The highest BCUT2D eigenvalue weighted by Crippen LogP contribution is 2.31. The molecule has 7 heteroatoms. The summed E-state index contributed by atoms with van der Waals surface area (Å²) in [5, 5.41) is 0. The lowest BCUT2D eigenvalue weighted by Crippen LogP contribution is -2.22. The summed E-state index contributed by atoms with van der Waals surface area (Å²) in [7, 11) is 1.69. The number of ether oxygens (including phenoxy) is 3. The Morgan fingerprint density at radius 1 is 0.933 bits per heavy atom. The van der Waals surface area contributed by atoms with Crippen LogP contribution in [0, 0.1) is 13.8 Å². The van der Waals surface area contributed by atoms with E-state index in [4.69, 9.17) is 26.4 Å². The Bertz CT molecular complexity index is 941. The van der Waals surface area contributed by atoms with E-state index in [-0.39, 0.29) is 5.91 Å². The maximum atomic E-state index is 12.0. The number of thiocarbonyl (C=S) groups is 1. The monoisotopic (exact) mass is 443 g/mol. The van der Waals surface area contributed by atoms with Crippen LogP contribution in [0.3, 0.4) is 0 Å². The standard InChI is InChI=1S/C23H25NO4S2/c1-16-4-7-20(14-17(16)2)28-13-11-26-10-12-27-19-8-5-18(6-9-19)15-21-22(25)24(3)23(29)30-21/h4-9,14-15H,10-13H2,1-3H3/b21-15-. The van der Waals surface area contributed by atoms with Crippen LogP contribution in [0.1, 0.15) is 16.7 Å². The lowest BCUT2D eigenvalue weighted by molar-refractivity contribution is -0.121. The smallest absolute Gasteiger partial charge is 0.265 e. The van der Waals surface area contributed by atoms with Gasteiger partial charge in [-0.25, -0.2) is 0 Å². The Morgan fingerprint density at radius 3 is 2.17 bits per heavy atom. The predicted molar refractivity (Wildman–Crippen MR) is 125 cm³/mol. The van der Waals surface area contributed by atoms with E-state index < -0.39 is 0 Å². The molecule has 0 spiro atoms. The minimum atomic E-state index is -0.0658. The summed E-state index contributed by atoms with van der Waals surface area (Å²) in [5.74, 6) is 1.55. The highest BCUT2D eigenvalue weighted by Gasteiger charge is 2.28. The van der Waals surface area contributed by atoms with E-state index in [1.807, 2.05) is 42.5 Å². The molecule has 0 aromatic heterocycles. The zero-order chi connectivity index (χ0) is 21.5. The van der Waals surface area contributed by atoms with Crippen molar-refractivity contribution in [2.75, 3.05) is 33.5 Å². The SMILES string of the molecule is Cc1ccc(OCCOCCOc2ccc(/C=C3\SC(=S)N(C)C3=O)cc2)cc1C. The van der Waals surface area contributed by atoms with Crippen molar-refractivity contribution in [3.8, 4) is 11.5 Å². The second-order valence-electron chi connectivity index (χ2n) is 6.87. The van der Waals surface area contributed by atoms with Crippen LogP contribution < -0.4 is 9.47 Å². The maximum absolute atomic E-state index is 12.0. The molecule has 2 aromatic carbocycles. The molecule has 1 aliphatic heterocycles. The van der Waals surface area contributed by atoms with Crippen molar-refractivity contribution in [2.45, 2.75) is 13.8 Å². The summed E-state index contributed by atoms with van der Waals surface area (Å²) in [6.45, 7) is 6.10. The molecule has 5 nitrogen and oxygen atoms in total. The fraction of sp³-hybridized carbons (Fsp3) is 0.304. The first-order valence-electron chi connectivity index (χ1n) is 9.66. The van der Waals surface area contributed by atoms with E-state index in [1.54, 1.807) is 7.05 Å². The van der Waals surface area contributed by atoms with Gasteiger partial charge in [0.2, 0.25) is 0 Å². The molecule has 0 bridgehead atoms. The fourth-order valence-electron chi connectivity index (χ4n) is 2.70. The van der Waals surface area contributed by atoms with Gasteiger partial charge in [-0.3, -0.25) is 9.69 Å². The van der Waals surface area contributed by atoms with Gasteiger partial charge in [-0.1, -0.05) is 42.2 Å². The summed E-state index contributed by atoms with van der Waals surface area (Å²) in [6.07, 6.45) is 1.84. The van der Waals surface area contributed by atoms with Gasteiger partial charge in [0.05, 0.1) is 18.1 Å². The zero-order valence-electron chi connectivity index (χ0n) is 17.3. The Morgan fingerprint density at radius 2 is 1.57 bits per heavy atom. The van der Waals surface area contributed by atoms with E-state index >= 15 is 0 Å². The molecule has 0 N–H and O–H groups in total. The van der Waals surface area contributed by atoms with Gasteiger partial charge in [-0.2, -0.15) is 0 Å². The highest BCUT2D eigenvalue weighted by molar-refractivity contribution is 8.26. The highest BCUT2D eigenvalue weighted by atomic mass is 32.2. The summed E-state index contributed by atoms with van der Waals surface area (Å²) in [5.41, 5.74) is 3.40. The largest absolute Gasteiger partial charge is 0.491 e.